The zero-order valence-electron chi connectivity index (χ0n) is 14.8. The molecule has 0 aliphatic heterocycles. The minimum atomic E-state index is -4.78. The van der Waals surface area contributed by atoms with Crippen LogP contribution in [-0.4, -0.2) is 20.9 Å². The van der Waals surface area contributed by atoms with E-state index in [2.05, 4.69) is 10.0 Å². The first-order valence-corrected chi connectivity index (χ1v) is 10.1. The van der Waals surface area contributed by atoms with E-state index >= 15 is 0 Å². The van der Waals surface area contributed by atoms with Crippen molar-refractivity contribution in [1.82, 2.24) is 10.0 Å². The monoisotopic (exact) mass is 434 g/mol. The molecule has 10 heteroatoms. The highest BCUT2D eigenvalue weighted by Crippen LogP contribution is 2.35. The van der Waals surface area contributed by atoms with Crippen molar-refractivity contribution in [1.29, 1.82) is 0 Å². The molecule has 0 aromatic heterocycles. The predicted octanol–water partition coefficient (Wildman–Crippen LogP) is 3.90. The largest absolute Gasteiger partial charge is 0.417 e. The minimum Gasteiger partial charge on any atom is -0.350 e. The van der Waals surface area contributed by atoms with Gasteiger partial charge in [-0.25, -0.2) is 13.1 Å². The fraction of sp³-hybridized carbons (Fsp3) is 0.278. The third-order valence-corrected chi connectivity index (χ3v) is 5.66. The van der Waals surface area contributed by atoms with E-state index in [9.17, 15) is 26.4 Å². The number of sulfonamides is 1. The molecule has 2 rings (SSSR count). The first-order valence-electron chi connectivity index (χ1n) is 8.21. The van der Waals surface area contributed by atoms with Crippen LogP contribution in [0.2, 0.25) is 5.02 Å². The maximum absolute atomic E-state index is 12.9. The van der Waals surface area contributed by atoms with E-state index in [1.54, 1.807) is 6.92 Å². The fourth-order valence-electron chi connectivity index (χ4n) is 2.41. The molecule has 1 amide bonds. The Balaban J connectivity index is 1.96. The highest BCUT2D eigenvalue weighted by atomic mass is 35.5. The lowest BCUT2D eigenvalue weighted by molar-refractivity contribution is -0.137. The first-order chi connectivity index (χ1) is 13.0. The molecule has 1 atom stereocenters. The Bertz CT molecular complexity index is 935. The summed E-state index contributed by atoms with van der Waals surface area (Å²) < 4.78 is 65.2. The van der Waals surface area contributed by atoms with Gasteiger partial charge in [0.2, 0.25) is 15.9 Å². The van der Waals surface area contributed by atoms with Crippen LogP contribution in [0.25, 0.3) is 0 Å². The number of hydrogen-bond acceptors (Lipinski definition) is 3. The molecule has 0 aliphatic carbocycles. The van der Waals surface area contributed by atoms with Crippen LogP contribution >= 0.6 is 11.6 Å². The van der Waals surface area contributed by atoms with Crippen LogP contribution in [0.5, 0.6) is 0 Å². The van der Waals surface area contributed by atoms with E-state index in [4.69, 9.17) is 11.6 Å². The Kier molecular flexibility index (Phi) is 7.08. The van der Waals surface area contributed by atoms with E-state index in [0.29, 0.717) is 6.07 Å². The molecule has 0 saturated heterocycles. The summed E-state index contributed by atoms with van der Waals surface area (Å²) in [7, 11) is -4.22. The fourth-order valence-corrected chi connectivity index (χ4v) is 3.69. The van der Waals surface area contributed by atoms with E-state index in [-0.39, 0.29) is 19.0 Å². The molecule has 152 valence electrons. The van der Waals surface area contributed by atoms with Crippen LogP contribution < -0.4 is 10.0 Å². The van der Waals surface area contributed by atoms with E-state index in [1.165, 1.54) is 0 Å². The molecule has 1 unspecified atom stereocenters. The molecule has 0 radical (unpaired) electrons. The lowest BCUT2D eigenvalue weighted by Gasteiger charge is -2.15. The summed E-state index contributed by atoms with van der Waals surface area (Å²) in [4.78, 5) is 11.4. The summed E-state index contributed by atoms with van der Waals surface area (Å²) in [6.45, 7) is 1.52. The van der Waals surface area contributed by atoms with Crippen LogP contribution in [0.3, 0.4) is 0 Å². The van der Waals surface area contributed by atoms with Crippen molar-refractivity contribution in [2.24, 2.45) is 0 Å². The van der Waals surface area contributed by atoms with Gasteiger partial charge in [-0.15, -0.1) is 0 Å². The zero-order chi connectivity index (χ0) is 20.9. The van der Waals surface area contributed by atoms with Gasteiger partial charge in [0.05, 0.1) is 21.5 Å². The molecule has 0 heterocycles. The van der Waals surface area contributed by atoms with Crippen LogP contribution in [0.1, 0.15) is 30.5 Å². The molecule has 28 heavy (non-hydrogen) atoms. The van der Waals surface area contributed by atoms with Crippen molar-refractivity contribution in [3.63, 3.8) is 0 Å². The van der Waals surface area contributed by atoms with Crippen LogP contribution in [-0.2, 0) is 21.0 Å². The molecule has 5 nitrogen and oxygen atoms in total. The van der Waals surface area contributed by atoms with E-state index < -0.39 is 37.6 Å². The molecule has 0 spiro atoms. The number of amides is 1. The van der Waals surface area contributed by atoms with Crippen LogP contribution in [0.15, 0.2) is 53.4 Å². The second kappa shape index (κ2) is 8.93. The second-order valence-electron chi connectivity index (χ2n) is 5.99. The summed E-state index contributed by atoms with van der Waals surface area (Å²) >= 11 is 5.49. The maximum atomic E-state index is 12.9. The second-order valence-corrected chi connectivity index (χ2v) is 8.16. The Morgan fingerprint density at radius 1 is 1.14 bits per heavy atom. The van der Waals surface area contributed by atoms with Gasteiger partial charge in [-0.1, -0.05) is 41.9 Å². The van der Waals surface area contributed by atoms with Gasteiger partial charge >= 0.3 is 6.18 Å². The summed E-state index contributed by atoms with van der Waals surface area (Å²) in [6.07, 6.45) is -4.95. The molecular weight excluding hydrogens is 417 g/mol. The van der Waals surface area contributed by atoms with Crippen molar-refractivity contribution in [2.75, 3.05) is 6.54 Å². The van der Waals surface area contributed by atoms with Gasteiger partial charge in [-0.3, -0.25) is 4.79 Å². The topological polar surface area (TPSA) is 75.3 Å². The third-order valence-electron chi connectivity index (χ3n) is 3.87. The average Bonchev–Trinajstić information content (AvgIpc) is 2.61. The summed E-state index contributed by atoms with van der Waals surface area (Å²) in [5.74, 6) is -0.397. The quantitative estimate of drug-likeness (QED) is 0.694. The number of nitrogens with one attached hydrogen (secondary N) is 2. The average molecular weight is 435 g/mol. The third kappa shape index (κ3) is 5.95. The number of alkyl halides is 3. The number of hydrogen-bond donors (Lipinski definition) is 2. The minimum absolute atomic E-state index is 0.171. The van der Waals surface area contributed by atoms with Crippen molar-refractivity contribution in [2.45, 2.75) is 30.5 Å². The number of rotatable bonds is 7. The first kappa shape index (κ1) is 22.2. The van der Waals surface area contributed by atoms with Gasteiger partial charge < -0.3 is 5.32 Å². The summed E-state index contributed by atoms with van der Waals surface area (Å²) in [5.41, 5.74) is -0.358. The Hall–Kier alpha value is -2.10. The smallest absolute Gasteiger partial charge is 0.350 e. The Labute approximate surface area is 166 Å². The van der Waals surface area contributed by atoms with Gasteiger partial charge in [-0.2, -0.15) is 13.2 Å². The summed E-state index contributed by atoms with van der Waals surface area (Å²) in [5, 5.41) is 2.12. The molecule has 0 fully saturated rings. The highest BCUT2D eigenvalue weighted by molar-refractivity contribution is 7.89. The Morgan fingerprint density at radius 2 is 1.79 bits per heavy atom. The van der Waals surface area contributed by atoms with Crippen LogP contribution in [0.4, 0.5) is 13.2 Å². The van der Waals surface area contributed by atoms with Gasteiger partial charge in [0, 0.05) is 13.0 Å². The van der Waals surface area contributed by atoms with Crippen molar-refractivity contribution >= 4 is 27.5 Å². The van der Waals surface area contributed by atoms with Gasteiger partial charge in [0.1, 0.15) is 0 Å². The van der Waals surface area contributed by atoms with Gasteiger partial charge in [-0.05, 0) is 30.7 Å². The molecule has 0 aliphatic rings. The van der Waals surface area contributed by atoms with E-state index in [0.717, 1.165) is 17.7 Å². The Morgan fingerprint density at radius 3 is 2.39 bits per heavy atom. The van der Waals surface area contributed by atoms with Crippen molar-refractivity contribution < 1.29 is 26.4 Å². The molecule has 0 bridgehead atoms. The SMILES string of the molecule is CC(NC(=O)CCNS(=O)(=O)c1ccc(Cl)c(C(F)(F)F)c1)c1ccccc1. The standard InChI is InChI=1S/C18H18ClF3N2O3S/c1-12(13-5-3-2-4-6-13)24-17(25)9-10-23-28(26,27)14-7-8-16(19)15(11-14)18(20,21)22/h2-8,11-12,23H,9-10H2,1H3,(H,24,25). The van der Waals surface area contributed by atoms with Crippen molar-refractivity contribution in [3.8, 4) is 0 Å². The molecule has 2 aromatic carbocycles. The summed E-state index contributed by atoms with van der Waals surface area (Å²) in [6, 6.07) is 11.2. The predicted molar refractivity (Wildman–Crippen MR) is 99.3 cm³/mol. The number of halogens is 4. The number of carbonyl (C=O) groups excluding carboxylic acids is 1. The maximum Gasteiger partial charge on any atom is 0.417 e. The zero-order valence-corrected chi connectivity index (χ0v) is 16.3. The van der Waals surface area contributed by atoms with Gasteiger partial charge in [0.25, 0.3) is 0 Å². The molecule has 2 N–H and O–H groups in total. The van der Waals surface area contributed by atoms with Gasteiger partial charge in [0.15, 0.2) is 0 Å². The molecule has 0 saturated carbocycles. The van der Waals surface area contributed by atoms with Crippen molar-refractivity contribution in [3.05, 3.63) is 64.7 Å². The highest BCUT2D eigenvalue weighted by Gasteiger charge is 2.34. The normalized spacial score (nSPS) is 13.2. The lowest BCUT2D eigenvalue weighted by atomic mass is 10.1. The number of carbonyl (C=O) groups is 1. The number of benzene rings is 2. The lowest BCUT2D eigenvalue weighted by Crippen LogP contribution is -2.32. The molecular formula is C18H18ClF3N2O3S. The molecule has 2 aromatic rings. The van der Waals surface area contributed by atoms with Crippen LogP contribution in [0, 0.1) is 0 Å². The van der Waals surface area contributed by atoms with E-state index in [1.807, 2.05) is 30.3 Å².